The number of piperidine rings is 1. The van der Waals surface area contributed by atoms with Crippen LogP contribution in [0.4, 0.5) is 0 Å². The Hall–Kier alpha value is -1.47. The minimum absolute atomic E-state index is 0.144. The number of amides is 1. The maximum Gasteiger partial charge on any atom is 0.244 e. The molecule has 27 heavy (non-hydrogen) atoms. The quantitative estimate of drug-likeness (QED) is 0.772. The van der Waals surface area contributed by atoms with Crippen LogP contribution in [0.2, 0.25) is 0 Å². The number of rotatable bonds is 7. The Bertz CT molecular complexity index is 694. The van der Waals surface area contributed by atoms with Crippen molar-refractivity contribution in [2.75, 3.05) is 19.6 Å². The van der Waals surface area contributed by atoms with Crippen LogP contribution in [-0.2, 0) is 14.8 Å². The molecular formula is C20H31N3O3S. The lowest BCUT2D eigenvalue weighted by atomic mass is 9.86. The molecule has 1 aromatic rings. The largest absolute Gasteiger partial charge is 0.356 e. The van der Waals surface area contributed by atoms with Gasteiger partial charge in [-0.15, -0.1) is 0 Å². The van der Waals surface area contributed by atoms with E-state index in [4.69, 9.17) is 0 Å². The van der Waals surface area contributed by atoms with Crippen molar-refractivity contribution in [1.82, 2.24) is 14.6 Å². The van der Waals surface area contributed by atoms with E-state index in [1.807, 2.05) is 0 Å². The van der Waals surface area contributed by atoms with Gasteiger partial charge >= 0.3 is 0 Å². The van der Waals surface area contributed by atoms with Gasteiger partial charge in [0.2, 0.25) is 15.9 Å². The molecule has 1 saturated heterocycles. The number of hydrogen-bond acceptors (Lipinski definition) is 4. The molecule has 0 bridgehead atoms. The van der Waals surface area contributed by atoms with Crippen molar-refractivity contribution in [1.29, 1.82) is 0 Å². The van der Waals surface area contributed by atoms with Gasteiger partial charge in [0, 0.05) is 38.4 Å². The zero-order valence-electron chi connectivity index (χ0n) is 16.0. The molecular weight excluding hydrogens is 362 g/mol. The Balaban J connectivity index is 1.37. The van der Waals surface area contributed by atoms with E-state index in [0.717, 1.165) is 25.2 Å². The molecule has 1 amide bonds. The second-order valence-electron chi connectivity index (χ2n) is 7.88. The van der Waals surface area contributed by atoms with Gasteiger partial charge in [-0.3, -0.25) is 9.78 Å². The van der Waals surface area contributed by atoms with Gasteiger partial charge in [0.15, 0.2) is 0 Å². The lowest BCUT2D eigenvalue weighted by molar-refractivity contribution is -0.121. The van der Waals surface area contributed by atoms with Gasteiger partial charge in [-0.05, 0) is 43.2 Å². The monoisotopic (exact) mass is 393 g/mol. The highest BCUT2D eigenvalue weighted by atomic mass is 32.2. The first-order valence-corrected chi connectivity index (χ1v) is 11.7. The van der Waals surface area contributed by atoms with Gasteiger partial charge in [-0.2, -0.15) is 4.31 Å². The van der Waals surface area contributed by atoms with Crippen LogP contribution in [0.1, 0.15) is 57.8 Å². The fraction of sp³-hybridized carbons (Fsp3) is 0.700. The zero-order chi connectivity index (χ0) is 19.1. The maximum absolute atomic E-state index is 12.6. The first-order valence-electron chi connectivity index (χ1n) is 10.2. The Morgan fingerprint density at radius 2 is 1.85 bits per heavy atom. The number of pyridine rings is 1. The van der Waals surface area contributed by atoms with E-state index in [1.54, 1.807) is 18.3 Å². The number of nitrogens with one attached hydrogen (secondary N) is 1. The maximum atomic E-state index is 12.6. The lowest BCUT2D eigenvalue weighted by Gasteiger charge is -2.31. The molecule has 3 rings (SSSR count). The second-order valence-corrected chi connectivity index (χ2v) is 9.82. The molecule has 2 aliphatic rings. The summed E-state index contributed by atoms with van der Waals surface area (Å²) >= 11 is 0. The molecule has 0 atom stereocenters. The second kappa shape index (κ2) is 9.64. The molecule has 6 nitrogen and oxygen atoms in total. The van der Waals surface area contributed by atoms with Gasteiger partial charge in [0.25, 0.3) is 0 Å². The van der Waals surface area contributed by atoms with Crippen LogP contribution in [-0.4, -0.2) is 43.2 Å². The number of sulfonamides is 1. The van der Waals surface area contributed by atoms with Crippen LogP contribution < -0.4 is 5.32 Å². The van der Waals surface area contributed by atoms with Crippen LogP contribution in [0.25, 0.3) is 0 Å². The average Bonchev–Trinajstić information content (AvgIpc) is 2.72. The fourth-order valence-corrected chi connectivity index (χ4v) is 5.59. The minimum atomic E-state index is -3.45. The molecule has 2 heterocycles. The van der Waals surface area contributed by atoms with E-state index >= 15 is 0 Å². The summed E-state index contributed by atoms with van der Waals surface area (Å²) in [7, 11) is -3.45. The lowest BCUT2D eigenvalue weighted by Crippen LogP contribution is -2.41. The molecule has 0 unspecified atom stereocenters. The molecule has 0 spiro atoms. The summed E-state index contributed by atoms with van der Waals surface area (Å²) in [5, 5.41) is 3.06. The number of nitrogens with zero attached hydrogens (tertiary/aromatic N) is 2. The average molecular weight is 394 g/mol. The van der Waals surface area contributed by atoms with Crippen molar-refractivity contribution in [3.8, 4) is 0 Å². The molecule has 0 radical (unpaired) electrons. The molecule has 7 heteroatoms. The van der Waals surface area contributed by atoms with E-state index in [9.17, 15) is 13.2 Å². The number of hydrogen-bond donors (Lipinski definition) is 1. The van der Waals surface area contributed by atoms with Crippen LogP contribution in [0.15, 0.2) is 29.4 Å². The third-order valence-corrected chi connectivity index (χ3v) is 7.82. The first kappa shape index (κ1) is 20.3. The Labute approximate surface area is 162 Å². The van der Waals surface area contributed by atoms with Gasteiger partial charge in [-0.1, -0.05) is 32.1 Å². The summed E-state index contributed by atoms with van der Waals surface area (Å²) in [5.41, 5.74) is 0. The SMILES string of the molecule is O=C(CCC1CCCCC1)NCC1CCN(S(=O)(=O)c2cccnc2)CC1. The third kappa shape index (κ3) is 5.75. The van der Waals surface area contributed by atoms with Crippen molar-refractivity contribution < 1.29 is 13.2 Å². The highest BCUT2D eigenvalue weighted by Gasteiger charge is 2.29. The summed E-state index contributed by atoms with van der Waals surface area (Å²) in [6, 6.07) is 3.23. The molecule has 1 aromatic heterocycles. The zero-order valence-corrected chi connectivity index (χ0v) is 16.8. The normalized spacial score (nSPS) is 20.4. The number of aromatic nitrogens is 1. The number of carbonyl (C=O) groups excluding carboxylic acids is 1. The highest BCUT2D eigenvalue weighted by Crippen LogP contribution is 2.27. The van der Waals surface area contributed by atoms with Crippen LogP contribution in [0, 0.1) is 11.8 Å². The van der Waals surface area contributed by atoms with Gasteiger partial charge in [0.05, 0.1) is 0 Å². The molecule has 1 saturated carbocycles. The summed E-state index contributed by atoms with van der Waals surface area (Å²) in [6.45, 7) is 1.66. The summed E-state index contributed by atoms with van der Waals surface area (Å²) in [4.78, 5) is 16.3. The summed E-state index contributed by atoms with van der Waals surface area (Å²) < 4.78 is 26.8. The summed E-state index contributed by atoms with van der Waals surface area (Å²) in [5.74, 6) is 1.22. The third-order valence-electron chi connectivity index (χ3n) is 5.94. The fourth-order valence-electron chi connectivity index (χ4n) is 4.16. The first-order chi connectivity index (χ1) is 13.1. The topological polar surface area (TPSA) is 79.4 Å². The van der Waals surface area contributed by atoms with E-state index < -0.39 is 10.0 Å². The van der Waals surface area contributed by atoms with Crippen molar-refractivity contribution in [3.63, 3.8) is 0 Å². The smallest absolute Gasteiger partial charge is 0.244 e. The van der Waals surface area contributed by atoms with E-state index in [0.29, 0.717) is 32.0 Å². The van der Waals surface area contributed by atoms with Gasteiger partial charge in [-0.25, -0.2) is 8.42 Å². The number of carbonyl (C=O) groups is 1. The van der Waals surface area contributed by atoms with Crippen LogP contribution in [0.3, 0.4) is 0 Å². The molecule has 150 valence electrons. The Morgan fingerprint density at radius 1 is 1.11 bits per heavy atom. The van der Waals surface area contributed by atoms with Crippen molar-refractivity contribution in [2.45, 2.75) is 62.7 Å². The molecule has 0 aromatic carbocycles. The van der Waals surface area contributed by atoms with E-state index in [2.05, 4.69) is 10.3 Å². The predicted octanol–water partition coefficient (Wildman–Crippen LogP) is 2.96. The Kier molecular flexibility index (Phi) is 7.24. The van der Waals surface area contributed by atoms with E-state index in [-0.39, 0.29) is 10.8 Å². The van der Waals surface area contributed by atoms with Crippen LogP contribution in [0.5, 0.6) is 0 Å². The van der Waals surface area contributed by atoms with Crippen LogP contribution >= 0.6 is 0 Å². The van der Waals surface area contributed by atoms with Crippen molar-refractivity contribution in [3.05, 3.63) is 24.5 Å². The van der Waals surface area contributed by atoms with E-state index in [1.165, 1.54) is 42.6 Å². The van der Waals surface area contributed by atoms with Crippen molar-refractivity contribution >= 4 is 15.9 Å². The molecule has 1 aliphatic carbocycles. The van der Waals surface area contributed by atoms with Gasteiger partial charge in [0.1, 0.15) is 4.90 Å². The molecule has 1 aliphatic heterocycles. The van der Waals surface area contributed by atoms with Gasteiger partial charge < -0.3 is 5.32 Å². The minimum Gasteiger partial charge on any atom is -0.356 e. The summed E-state index contributed by atoms with van der Waals surface area (Å²) in [6.07, 6.45) is 12.7. The highest BCUT2D eigenvalue weighted by molar-refractivity contribution is 7.89. The standard InChI is InChI=1S/C20H31N3O3S/c24-20(9-8-17-5-2-1-3-6-17)22-15-18-10-13-23(14-11-18)27(25,26)19-7-4-12-21-16-19/h4,7,12,16-18H,1-3,5-6,8-11,13-15H2,(H,22,24). The predicted molar refractivity (Wildman–Crippen MR) is 105 cm³/mol. The Morgan fingerprint density at radius 3 is 2.52 bits per heavy atom. The molecule has 1 N–H and O–H groups in total. The molecule has 2 fully saturated rings. The van der Waals surface area contributed by atoms with Crippen molar-refractivity contribution in [2.24, 2.45) is 11.8 Å².